The Morgan fingerprint density at radius 3 is 2.38 bits per heavy atom. The lowest BCUT2D eigenvalue weighted by atomic mass is 10.2. The zero-order valence-electron chi connectivity index (χ0n) is 15.0. The van der Waals surface area contributed by atoms with E-state index in [0.717, 1.165) is 0 Å². The van der Waals surface area contributed by atoms with Crippen LogP contribution >= 0.6 is 0 Å². The Balaban J connectivity index is 2.29. The number of nitrogens with one attached hydrogen (secondary N) is 2. The minimum Gasteiger partial charge on any atom is -0.496 e. The second-order valence-corrected chi connectivity index (χ2v) is 5.63. The molecule has 2 amide bonds. The molecule has 2 rings (SSSR count). The van der Waals surface area contributed by atoms with Crippen molar-refractivity contribution in [2.75, 3.05) is 20.8 Å². The fourth-order valence-corrected chi connectivity index (χ4v) is 2.62. The van der Waals surface area contributed by atoms with Crippen LogP contribution in [0.1, 0.15) is 17.4 Å². The van der Waals surface area contributed by atoms with Crippen LogP contribution in [0, 0.1) is 0 Å². The third-order valence-corrected chi connectivity index (χ3v) is 3.95. The molecule has 0 bridgehead atoms. The summed E-state index contributed by atoms with van der Waals surface area (Å²) >= 11 is 0. The van der Waals surface area contributed by atoms with Gasteiger partial charge in [0.25, 0.3) is 5.91 Å². The van der Waals surface area contributed by atoms with Crippen LogP contribution < -0.4 is 20.1 Å². The summed E-state index contributed by atoms with van der Waals surface area (Å²) in [4.78, 5) is 34.9. The predicted octanol–water partition coefficient (Wildman–Crippen LogP) is 0.515. The number of methoxy groups -OCH3 is 2. The normalized spacial score (nSPS) is 11.7. The lowest BCUT2D eigenvalue weighted by molar-refractivity contribution is -0.138. The molecule has 3 N–H and O–H groups in total. The molecule has 9 nitrogen and oxygen atoms in total. The number of rotatable bonds is 7. The molecule has 26 heavy (non-hydrogen) atoms. The van der Waals surface area contributed by atoms with Gasteiger partial charge in [-0.3, -0.25) is 14.4 Å². The topological polar surface area (TPSA) is 119 Å². The number of carboxylic acids is 1. The number of fused-ring (bicyclic) bond motifs is 1. The van der Waals surface area contributed by atoms with Crippen LogP contribution in [0.3, 0.4) is 0 Å². The SMILES string of the molecule is COc1ccc(OC)c2c1cc(C(=O)N[C@@H](C)C(=O)NCC(=O)O)n2C. The van der Waals surface area contributed by atoms with Gasteiger partial charge >= 0.3 is 5.97 Å². The van der Waals surface area contributed by atoms with Crippen LogP contribution in [0.25, 0.3) is 10.9 Å². The average molecular weight is 363 g/mol. The van der Waals surface area contributed by atoms with Crippen LogP contribution in [0.2, 0.25) is 0 Å². The molecule has 0 saturated heterocycles. The van der Waals surface area contributed by atoms with E-state index in [1.807, 2.05) is 0 Å². The van der Waals surface area contributed by atoms with Gasteiger partial charge in [-0.1, -0.05) is 0 Å². The molecule has 0 saturated carbocycles. The lowest BCUT2D eigenvalue weighted by Crippen LogP contribution is -2.46. The highest BCUT2D eigenvalue weighted by atomic mass is 16.5. The van der Waals surface area contributed by atoms with Gasteiger partial charge in [0, 0.05) is 12.4 Å². The summed E-state index contributed by atoms with van der Waals surface area (Å²) in [5.74, 6) is -1.07. The molecule has 1 aromatic carbocycles. The quantitative estimate of drug-likeness (QED) is 0.660. The van der Waals surface area contributed by atoms with Crippen LogP contribution in [-0.2, 0) is 16.6 Å². The van der Waals surface area contributed by atoms with Crippen molar-refractivity contribution in [3.8, 4) is 11.5 Å². The minimum atomic E-state index is -1.16. The summed E-state index contributed by atoms with van der Waals surface area (Å²) in [6.45, 7) is 0.959. The van der Waals surface area contributed by atoms with Crippen molar-refractivity contribution in [2.24, 2.45) is 7.05 Å². The van der Waals surface area contributed by atoms with Crippen molar-refractivity contribution in [1.29, 1.82) is 0 Å². The van der Waals surface area contributed by atoms with E-state index < -0.39 is 30.4 Å². The molecule has 140 valence electrons. The number of aryl methyl sites for hydroxylation is 1. The minimum absolute atomic E-state index is 0.306. The number of hydrogen-bond donors (Lipinski definition) is 3. The van der Waals surface area contributed by atoms with E-state index in [1.54, 1.807) is 29.8 Å². The third kappa shape index (κ3) is 3.71. The lowest BCUT2D eigenvalue weighted by Gasteiger charge is -2.14. The maximum Gasteiger partial charge on any atom is 0.322 e. The molecule has 0 unspecified atom stereocenters. The Bertz CT molecular complexity index is 858. The maximum absolute atomic E-state index is 12.6. The van der Waals surface area contributed by atoms with Gasteiger partial charge in [0.15, 0.2) is 0 Å². The molecule has 1 aromatic heterocycles. The first kappa shape index (κ1) is 19.1. The van der Waals surface area contributed by atoms with Crippen molar-refractivity contribution in [2.45, 2.75) is 13.0 Å². The number of benzene rings is 1. The van der Waals surface area contributed by atoms with Crippen LogP contribution in [0.5, 0.6) is 11.5 Å². The van der Waals surface area contributed by atoms with Gasteiger partial charge < -0.3 is 29.8 Å². The first-order valence-corrected chi connectivity index (χ1v) is 7.80. The molecule has 9 heteroatoms. The number of nitrogens with zero attached hydrogens (tertiary/aromatic N) is 1. The molecule has 0 aliphatic carbocycles. The number of carboxylic acid groups (broad SMARTS) is 1. The van der Waals surface area contributed by atoms with E-state index in [1.165, 1.54) is 21.1 Å². The van der Waals surface area contributed by atoms with E-state index in [0.29, 0.717) is 28.1 Å². The van der Waals surface area contributed by atoms with Gasteiger partial charge in [-0.25, -0.2) is 0 Å². The highest BCUT2D eigenvalue weighted by molar-refractivity contribution is 6.03. The van der Waals surface area contributed by atoms with Gasteiger partial charge in [-0.2, -0.15) is 0 Å². The molecule has 0 aliphatic heterocycles. The van der Waals surface area contributed by atoms with E-state index in [-0.39, 0.29) is 0 Å². The molecule has 0 spiro atoms. The monoisotopic (exact) mass is 363 g/mol. The summed E-state index contributed by atoms with van der Waals surface area (Å²) in [5, 5.41) is 14.1. The van der Waals surface area contributed by atoms with E-state index in [2.05, 4.69) is 10.6 Å². The molecule has 1 heterocycles. The first-order valence-electron chi connectivity index (χ1n) is 7.80. The molecule has 0 fully saturated rings. The van der Waals surface area contributed by atoms with Crippen LogP contribution in [-0.4, -0.2) is 54.3 Å². The zero-order chi connectivity index (χ0) is 19.4. The molecule has 1 atom stereocenters. The van der Waals surface area contributed by atoms with E-state index in [9.17, 15) is 14.4 Å². The van der Waals surface area contributed by atoms with Crippen molar-refractivity contribution >= 4 is 28.7 Å². The smallest absolute Gasteiger partial charge is 0.322 e. The highest BCUT2D eigenvalue weighted by Crippen LogP contribution is 2.35. The summed E-state index contributed by atoms with van der Waals surface area (Å²) in [7, 11) is 4.76. The fourth-order valence-electron chi connectivity index (χ4n) is 2.62. The predicted molar refractivity (Wildman–Crippen MR) is 93.6 cm³/mol. The largest absolute Gasteiger partial charge is 0.496 e. The standard InChI is InChI=1S/C17H21N3O6/c1-9(16(23)18-8-14(21)22)19-17(24)11-7-10-12(25-3)5-6-13(26-4)15(10)20(11)2/h5-7,9H,8H2,1-4H3,(H,18,23)(H,19,24)(H,21,22)/t9-/m0/s1. The number of aromatic nitrogens is 1. The van der Waals surface area contributed by atoms with Gasteiger partial charge in [0.1, 0.15) is 29.8 Å². The molecule has 0 radical (unpaired) electrons. The van der Waals surface area contributed by atoms with E-state index in [4.69, 9.17) is 14.6 Å². The first-order chi connectivity index (χ1) is 12.3. The average Bonchev–Trinajstić information content (AvgIpc) is 2.96. The number of carbonyl (C=O) groups excluding carboxylic acids is 2. The second kappa shape index (κ2) is 7.77. The fraction of sp³-hybridized carbons (Fsp3) is 0.353. The van der Waals surface area contributed by atoms with Gasteiger partial charge in [-0.05, 0) is 25.1 Å². The number of aliphatic carboxylic acids is 1. The van der Waals surface area contributed by atoms with Gasteiger partial charge in [-0.15, -0.1) is 0 Å². The van der Waals surface area contributed by atoms with Gasteiger partial charge in [0.2, 0.25) is 5.91 Å². The van der Waals surface area contributed by atoms with Crippen molar-refractivity contribution in [3.63, 3.8) is 0 Å². The maximum atomic E-state index is 12.6. The number of ether oxygens (including phenoxy) is 2. The summed E-state index contributed by atoms with van der Waals surface area (Å²) < 4.78 is 12.3. The summed E-state index contributed by atoms with van der Waals surface area (Å²) in [6, 6.07) is 4.23. The molecular weight excluding hydrogens is 342 g/mol. The van der Waals surface area contributed by atoms with Crippen LogP contribution in [0.15, 0.2) is 18.2 Å². The molecule has 2 aromatic rings. The Hall–Kier alpha value is -3.23. The Kier molecular flexibility index (Phi) is 5.71. The zero-order valence-corrected chi connectivity index (χ0v) is 15.0. The third-order valence-electron chi connectivity index (χ3n) is 3.95. The summed E-state index contributed by atoms with van der Waals surface area (Å²) in [5.41, 5.74) is 0.987. The van der Waals surface area contributed by atoms with Crippen molar-refractivity contribution < 1.29 is 29.0 Å². The summed E-state index contributed by atoms with van der Waals surface area (Å²) in [6.07, 6.45) is 0. The number of hydrogen-bond acceptors (Lipinski definition) is 5. The van der Waals surface area contributed by atoms with E-state index >= 15 is 0 Å². The molecule has 0 aliphatic rings. The Morgan fingerprint density at radius 2 is 1.81 bits per heavy atom. The van der Waals surface area contributed by atoms with Gasteiger partial charge in [0.05, 0.1) is 19.7 Å². The Morgan fingerprint density at radius 1 is 1.19 bits per heavy atom. The Labute approximate surface area is 149 Å². The number of amides is 2. The second-order valence-electron chi connectivity index (χ2n) is 5.63. The highest BCUT2D eigenvalue weighted by Gasteiger charge is 2.22. The van der Waals surface area contributed by atoms with Crippen molar-refractivity contribution in [3.05, 3.63) is 23.9 Å². The van der Waals surface area contributed by atoms with Crippen LogP contribution in [0.4, 0.5) is 0 Å². The van der Waals surface area contributed by atoms with Crippen molar-refractivity contribution in [1.82, 2.24) is 15.2 Å². The number of carbonyl (C=O) groups is 3. The molecular formula is C17H21N3O6.